The van der Waals surface area contributed by atoms with E-state index >= 15 is 0 Å². The first-order valence-electron chi connectivity index (χ1n) is 9.38. The van der Waals surface area contributed by atoms with Crippen molar-refractivity contribution in [2.24, 2.45) is 0 Å². The Balaban J connectivity index is 1.83. The minimum atomic E-state index is -4.45. The molecule has 3 aromatic carbocycles. The number of urea groups is 1. The number of rotatable bonds is 6. The lowest BCUT2D eigenvalue weighted by atomic mass is 9.93. The molecule has 0 fully saturated rings. The summed E-state index contributed by atoms with van der Waals surface area (Å²) in [5.41, 5.74) is 0.944. The highest BCUT2D eigenvalue weighted by atomic mass is 19.4. The van der Waals surface area contributed by atoms with Crippen molar-refractivity contribution >= 4 is 11.7 Å². The summed E-state index contributed by atoms with van der Waals surface area (Å²) >= 11 is 0. The van der Waals surface area contributed by atoms with Gasteiger partial charge in [0, 0.05) is 5.69 Å². The van der Waals surface area contributed by atoms with E-state index in [0.717, 1.165) is 23.3 Å². The van der Waals surface area contributed by atoms with Crippen LogP contribution in [0.5, 0.6) is 0 Å². The van der Waals surface area contributed by atoms with Crippen LogP contribution < -0.4 is 16.0 Å². The molecule has 158 valence electrons. The molecule has 0 aliphatic rings. The highest BCUT2D eigenvalue weighted by molar-refractivity contribution is 5.89. The number of hydrogen-bond donors (Lipinski definition) is 3. The van der Waals surface area contributed by atoms with Crippen molar-refractivity contribution in [2.45, 2.75) is 18.3 Å². The first kappa shape index (κ1) is 21.7. The summed E-state index contributed by atoms with van der Waals surface area (Å²) in [4.78, 5) is 12.7. The number of halogens is 3. The Hall–Kier alpha value is -3.99. The van der Waals surface area contributed by atoms with Crippen molar-refractivity contribution in [2.75, 3.05) is 5.32 Å². The van der Waals surface area contributed by atoms with Crippen LogP contribution in [0.1, 0.15) is 28.8 Å². The number of alkyl halides is 3. The Morgan fingerprint density at radius 2 is 1.32 bits per heavy atom. The second-order valence-electron chi connectivity index (χ2n) is 6.71. The normalized spacial score (nSPS) is 12.8. The van der Waals surface area contributed by atoms with Gasteiger partial charge in [-0.2, -0.15) is 18.4 Å². The van der Waals surface area contributed by atoms with Gasteiger partial charge < -0.3 is 16.0 Å². The number of carbonyl (C=O) groups is 1. The van der Waals surface area contributed by atoms with Crippen molar-refractivity contribution in [3.63, 3.8) is 0 Å². The Morgan fingerprint density at radius 1 is 0.806 bits per heavy atom. The number of anilines is 1. The van der Waals surface area contributed by atoms with Gasteiger partial charge in [0.25, 0.3) is 0 Å². The van der Waals surface area contributed by atoms with Crippen molar-refractivity contribution in [3.8, 4) is 6.19 Å². The molecule has 0 aromatic heterocycles. The maximum Gasteiger partial charge on any atom is 0.416 e. The highest BCUT2D eigenvalue weighted by Crippen LogP contribution is 2.31. The van der Waals surface area contributed by atoms with Gasteiger partial charge in [-0.05, 0) is 35.4 Å². The number of nitrogens with zero attached hydrogens (tertiary/aromatic N) is 1. The fourth-order valence-corrected chi connectivity index (χ4v) is 3.16. The Labute approximate surface area is 177 Å². The maximum atomic E-state index is 12.7. The summed E-state index contributed by atoms with van der Waals surface area (Å²) in [5.74, 6) is 0. The fourth-order valence-electron chi connectivity index (χ4n) is 3.16. The zero-order valence-electron chi connectivity index (χ0n) is 16.2. The number of carbonyl (C=O) groups excluding carboxylic acids is 1. The monoisotopic (exact) mass is 424 g/mol. The van der Waals surface area contributed by atoms with E-state index in [-0.39, 0.29) is 5.69 Å². The zero-order valence-corrected chi connectivity index (χ0v) is 16.2. The molecule has 31 heavy (non-hydrogen) atoms. The topological polar surface area (TPSA) is 77.0 Å². The minimum Gasteiger partial charge on any atom is -0.329 e. The standard InChI is InChI=1S/C23H19F3N4O/c24-23(25,26)18-11-13-19(14-12-18)29-22(31)30-21(17-9-5-2-6-10-17)20(28-15-27)16-7-3-1-4-8-16/h1-14,20-21,28H,(H2,29,30,31)/t20-,21-/m0/s1. The lowest BCUT2D eigenvalue weighted by Gasteiger charge is -2.28. The first-order chi connectivity index (χ1) is 14.9. The van der Waals surface area contributed by atoms with Crippen LogP contribution in [0, 0.1) is 11.5 Å². The average molecular weight is 424 g/mol. The van der Waals surface area contributed by atoms with Crippen LogP contribution in [0.3, 0.4) is 0 Å². The third-order valence-corrected chi connectivity index (χ3v) is 4.63. The van der Waals surface area contributed by atoms with Crippen LogP contribution >= 0.6 is 0 Å². The second kappa shape index (κ2) is 9.67. The van der Waals surface area contributed by atoms with Crippen LogP contribution in [-0.4, -0.2) is 6.03 Å². The van der Waals surface area contributed by atoms with Crippen molar-refractivity contribution in [1.29, 1.82) is 5.26 Å². The van der Waals surface area contributed by atoms with E-state index in [2.05, 4.69) is 16.0 Å². The smallest absolute Gasteiger partial charge is 0.329 e. The number of nitrogens with one attached hydrogen (secondary N) is 3. The van der Waals surface area contributed by atoms with E-state index in [1.165, 1.54) is 12.1 Å². The van der Waals surface area contributed by atoms with Crippen molar-refractivity contribution in [1.82, 2.24) is 10.6 Å². The summed E-state index contributed by atoms with van der Waals surface area (Å²) < 4.78 is 38.2. The number of hydrogen-bond acceptors (Lipinski definition) is 3. The largest absolute Gasteiger partial charge is 0.416 e. The third kappa shape index (κ3) is 5.76. The molecule has 0 bridgehead atoms. The van der Waals surface area contributed by atoms with Gasteiger partial charge in [-0.25, -0.2) is 4.79 Å². The summed E-state index contributed by atoms with van der Waals surface area (Å²) in [6.07, 6.45) is -2.52. The van der Waals surface area contributed by atoms with Crippen LogP contribution in [-0.2, 0) is 6.18 Å². The van der Waals surface area contributed by atoms with Crippen LogP contribution in [0.15, 0.2) is 84.9 Å². The van der Waals surface area contributed by atoms with E-state index in [1.807, 2.05) is 66.9 Å². The SMILES string of the molecule is N#CN[C@@H](c1ccccc1)[C@@H](NC(=O)Nc1ccc(C(F)(F)F)cc1)c1ccccc1. The molecule has 0 unspecified atom stereocenters. The van der Waals surface area contributed by atoms with Gasteiger partial charge in [-0.1, -0.05) is 60.7 Å². The van der Waals surface area contributed by atoms with Crippen LogP contribution in [0.4, 0.5) is 23.7 Å². The Morgan fingerprint density at radius 3 is 1.81 bits per heavy atom. The fraction of sp³-hybridized carbons (Fsp3) is 0.130. The molecule has 0 saturated carbocycles. The lowest BCUT2D eigenvalue weighted by molar-refractivity contribution is -0.137. The minimum absolute atomic E-state index is 0.210. The average Bonchev–Trinajstić information content (AvgIpc) is 2.77. The van der Waals surface area contributed by atoms with Gasteiger partial charge in [0.05, 0.1) is 17.6 Å². The molecule has 0 heterocycles. The molecule has 2 amide bonds. The first-order valence-corrected chi connectivity index (χ1v) is 9.38. The van der Waals surface area contributed by atoms with Gasteiger partial charge in [0.1, 0.15) is 0 Å². The van der Waals surface area contributed by atoms with E-state index < -0.39 is 29.9 Å². The molecular formula is C23H19F3N4O. The molecular weight excluding hydrogens is 405 g/mol. The molecule has 5 nitrogen and oxygen atoms in total. The van der Waals surface area contributed by atoms with Gasteiger partial charge in [0.2, 0.25) is 0 Å². The van der Waals surface area contributed by atoms with Gasteiger partial charge >= 0.3 is 12.2 Å². The molecule has 3 aromatic rings. The quantitative estimate of drug-likeness (QED) is 0.367. The molecule has 3 N–H and O–H groups in total. The van der Waals surface area contributed by atoms with Crippen molar-refractivity contribution in [3.05, 3.63) is 102 Å². The van der Waals surface area contributed by atoms with Gasteiger partial charge in [-0.3, -0.25) is 0 Å². The van der Waals surface area contributed by atoms with E-state index in [1.54, 1.807) is 0 Å². The third-order valence-electron chi connectivity index (χ3n) is 4.63. The number of nitriles is 1. The predicted molar refractivity (Wildman–Crippen MR) is 111 cm³/mol. The van der Waals surface area contributed by atoms with E-state index in [9.17, 15) is 23.2 Å². The number of amides is 2. The number of benzene rings is 3. The molecule has 2 atom stereocenters. The molecule has 0 spiro atoms. The molecule has 8 heteroatoms. The predicted octanol–water partition coefficient (Wildman–Crippen LogP) is 5.38. The van der Waals surface area contributed by atoms with Gasteiger partial charge in [-0.15, -0.1) is 0 Å². The van der Waals surface area contributed by atoms with Crippen molar-refractivity contribution < 1.29 is 18.0 Å². The van der Waals surface area contributed by atoms with Crippen LogP contribution in [0.25, 0.3) is 0 Å². The summed E-state index contributed by atoms with van der Waals surface area (Å²) in [6, 6.07) is 20.6. The zero-order chi connectivity index (χ0) is 22.3. The summed E-state index contributed by atoms with van der Waals surface area (Å²) in [6.45, 7) is 0. The molecule has 0 radical (unpaired) electrons. The summed E-state index contributed by atoms with van der Waals surface area (Å²) in [7, 11) is 0. The Bertz CT molecular complexity index is 1030. The van der Waals surface area contributed by atoms with E-state index in [0.29, 0.717) is 0 Å². The van der Waals surface area contributed by atoms with E-state index in [4.69, 9.17) is 0 Å². The molecule has 0 saturated heterocycles. The summed E-state index contributed by atoms with van der Waals surface area (Å²) in [5, 5.41) is 17.4. The highest BCUT2D eigenvalue weighted by Gasteiger charge is 2.30. The Kier molecular flexibility index (Phi) is 6.78. The molecule has 0 aliphatic heterocycles. The van der Waals surface area contributed by atoms with Crippen LogP contribution in [0.2, 0.25) is 0 Å². The van der Waals surface area contributed by atoms with Gasteiger partial charge in [0.15, 0.2) is 6.19 Å². The maximum absolute atomic E-state index is 12.7. The molecule has 3 rings (SSSR count). The second-order valence-corrected chi connectivity index (χ2v) is 6.71. The lowest BCUT2D eigenvalue weighted by Crippen LogP contribution is -2.39. The molecule has 0 aliphatic carbocycles.